The van der Waals surface area contributed by atoms with E-state index in [1.807, 2.05) is 6.07 Å². The largest absolute Gasteiger partial charge is 0.495 e. The number of anilines is 1. The highest BCUT2D eigenvalue weighted by Crippen LogP contribution is 2.33. The van der Waals surface area contributed by atoms with Crippen molar-refractivity contribution in [2.45, 2.75) is 78.6 Å². The van der Waals surface area contributed by atoms with Gasteiger partial charge in [-0.25, -0.2) is 0 Å². The van der Waals surface area contributed by atoms with Gasteiger partial charge in [-0.15, -0.1) is 0 Å². The van der Waals surface area contributed by atoms with Gasteiger partial charge in [-0.1, -0.05) is 82.7 Å². The summed E-state index contributed by atoms with van der Waals surface area (Å²) in [7, 11) is 1.51. The SMILES string of the molecule is COc1cc(C#N)c(Cl)c(C#CCCCCCCCCCC(C)(C)C)c1N. The summed E-state index contributed by atoms with van der Waals surface area (Å²) in [4.78, 5) is 0. The third kappa shape index (κ3) is 8.59. The molecule has 0 aliphatic carbocycles. The number of benzene rings is 1. The molecule has 0 saturated heterocycles. The Morgan fingerprint density at radius 3 is 2.22 bits per heavy atom. The third-order valence-electron chi connectivity index (χ3n) is 4.55. The van der Waals surface area contributed by atoms with Crippen LogP contribution in [0.1, 0.15) is 89.7 Å². The fourth-order valence-corrected chi connectivity index (χ4v) is 3.17. The van der Waals surface area contributed by atoms with E-state index in [9.17, 15) is 0 Å². The van der Waals surface area contributed by atoms with E-state index in [0.29, 0.717) is 33.0 Å². The van der Waals surface area contributed by atoms with Gasteiger partial charge in [0.1, 0.15) is 11.8 Å². The van der Waals surface area contributed by atoms with Gasteiger partial charge in [-0.3, -0.25) is 0 Å². The molecule has 27 heavy (non-hydrogen) atoms. The molecule has 0 heterocycles. The van der Waals surface area contributed by atoms with Crippen molar-refractivity contribution in [1.82, 2.24) is 0 Å². The average molecular weight is 389 g/mol. The number of nitrogen functional groups attached to an aromatic ring is 1. The van der Waals surface area contributed by atoms with Crippen LogP contribution >= 0.6 is 11.6 Å². The summed E-state index contributed by atoms with van der Waals surface area (Å²) in [6, 6.07) is 3.60. The van der Waals surface area contributed by atoms with Crippen molar-refractivity contribution >= 4 is 17.3 Å². The van der Waals surface area contributed by atoms with Crippen LogP contribution in [0.25, 0.3) is 0 Å². The molecule has 0 aliphatic heterocycles. The molecule has 1 aromatic carbocycles. The maximum atomic E-state index is 9.16. The molecule has 0 amide bonds. The maximum absolute atomic E-state index is 9.16. The third-order valence-corrected chi connectivity index (χ3v) is 4.94. The second kappa shape index (κ2) is 11.8. The quantitative estimate of drug-likeness (QED) is 0.290. The number of nitrogens with zero attached hydrogens (tertiary/aromatic N) is 1. The number of nitrogens with two attached hydrogens (primary N) is 1. The number of halogens is 1. The Kier molecular flexibility index (Phi) is 10.1. The first-order valence-electron chi connectivity index (χ1n) is 9.85. The van der Waals surface area contributed by atoms with Gasteiger partial charge in [-0.2, -0.15) is 5.26 Å². The minimum atomic E-state index is 0.304. The zero-order valence-corrected chi connectivity index (χ0v) is 18.0. The Bertz CT molecular complexity index is 702. The summed E-state index contributed by atoms with van der Waals surface area (Å²) in [6.45, 7) is 6.92. The molecule has 0 atom stereocenters. The molecule has 0 aliphatic rings. The van der Waals surface area contributed by atoms with Crippen molar-refractivity contribution in [3.8, 4) is 23.7 Å². The van der Waals surface area contributed by atoms with E-state index in [-0.39, 0.29) is 0 Å². The van der Waals surface area contributed by atoms with Crippen molar-refractivity contribution in [3.05, 3.63) is 22.2 Å². The normalized spacial score (nSPS) is 10.8. The highest BCUT2D eigenvalue weighted by Gasteiger charge is 2.14. The van der Waals surface area contributed by atoms with Crippen LogP contribution < -0.4 is 10.5 Å². The highest BCUT2D eigenvalue weighted by molar-refractivity contribution is 6.33. The molecule has 0 radical (unpaired) electrons. The number of ether oxygens (including phenoxy) is 1. The Morgan fingerprint density at radius 2 is 1.67 bits per heavy atom. The summed E-state index contributed by atoms with van der Waals surface area (Å²) in [5.74, 6) is 6.60. The molecular formula is C23H33ClN2O. The minimum absolute atomic E-state index is 0.304. The molecule has 3 nitrogen and oxygen atoms in total. The smallest absolute Gasteiger partial charge is 0.144 e. The molecule has 0 spiro atoms. The van der Waals surface area contributed by atoms with Crippen LogP contribution in [-0.2, 0) is 0 Å². The van der Waals surface area contributed by atoms with Crippen molar-refractivity contribution in [1.29, 1.82) is 5.26 Å². The first kappa shape index (κ1) is 23.2. The van der Waals surface area contributed by atoms with Gasteiger partial charge < -0.3 is 10.5 Å². The number of unbranched alkanes of at least 4 members (excludes halogenated alkanes) is 7. The molecule has 0 fully saturated rings. The van der Waals surface area contributed by atoms with Gasteiger partial charge in [0.15, 0.2) is 0 Å². The molecule has 4 heteroatoms. The average Bonchev–Trinajstić information content (AvgIpc) is 2.61. The van der Waals surface area contributed by atoms with E-state index in [4.69, 9.17) is 27.3 Å². The van der Waals surface area contributed by atoms with Crippen molar-refractivity contribution in [2.75, 3.05) is 12.8 Å². The van der Waals surface area contributed by atoms with Crippen molar-refractivity contribution < 1.29 is 4.74 Å². The first-order valence-corrected chi connectivity index (χ1v) is 10.2. The molecule has 0 bridgehead atoms. The summed E-state index contributed by atoms with van der Waals surface area (Å²) in [6.07, 6.45) is 10.9. The molecule has 1 rings (SSSR count). The van der Waals surface area contributed by atoms with Gasteiger partial charge in [0.2, 0.25) is 0 Å². The Labute approximate surface area is 170 Å². The lowest BCUT2D eigenvalue weighted by Crippen LogP contribution is -2.03. The van der Waals surface area contributed by atoms with Crippen LogP contribution in [0.2, 0.25) is 5.02 Å². The zero-order valence-electron chi connectivity index (χ0n) is 17.3. The van der Waals surface area contributed by atoms with Gasteiger partial charge >= 0.3 is 0 Å². The molecule has 1 aromatic rings. The van der Waals surface area contributed by atoms with E-state index in [1.54, 1.807) is 6.07 Å². The fourth-order valence-electron chi connectivity index (χ4n) is 2.92. The molecule has 148 valence electrons. The highest BCUT2D eigenvalue weighted by atomic mass is 35.5. The molecule has 0 unspecified atom stereocenters. The van der Waals surface area contributed by atoms with Gasteiger partial charge in [0.05, 0.1) is 28.9 Å². The number of methoxy groups -OCH3 is 1. The maximum Gasteiger partial charge on any atom is 0.144 e. The predicted molar refractivity (Wildman–Crippen MR) is 115 cm³/mol. The summed E-state index contributed by atoms with van der Waals surface area (Å²) < 4.78 is 5.20. The Morgan fingerprint density at radius 1 is 1.07 bits per heavy atom. The lowest BCUT2D eigenvalue weighted by atomic mass is 9.89. The zero-order chi connectivity index (χ0) is 20.3. The van der Waals surface area contributed by atoms with Crippen LogP contribution in [0.5, 0.6) is 5.75 Å². The predicted octanol–water partition coefficient (Wildman–Crippen LogP) is 6.71. The lowest BCUT2D eigenvalue weighted by molar-refractivity contribution is 0.356. The second-order valence-electron chi connectivity index (χ2n) is 8.18. The first-order chi connectivity index (χ1) is 12.8. The minimum Gasteiger partial charge on any atom is -0.495 e. The van der Waals surface area contributed by atoms with E-state index in [1.165, 1.54) is 52.1 Å². The lowest BCUT2D eigenvalue weighted by Gasteiger charge is -2.17. The summed E-state index contributed by atoms with van der Waals surface area (Å²) >= 11 is 6.23. The number of nitriles is 1. The molecule has 0 saturated carbocycles. The standard InChI is InChI=1S/C23H33ClN2O/c1-23(2,3)15-13-11-9-7-5-6-8-10-12-14-19-21(24)18(17-25)16-20(27-4)22(19)26/h16H,5-11,13,15,26H2,1-4H3. The van der Waals surface area contributed by atoms with Crippen LogP contribution in [0.3, 0.4) is 0 Å². The van der Waals surface area contributed by atoms with E-state index < -0.39 is 0 Å². The van der Waals surface area contributed by atoms with Crippen molar-refractivity contribution in [2.24, 2.45) is 5.41 Å². The summed E-state index contributed by atoms with van der Waals surface area (Å²) in [5, 5.41) is 9.46. The van der Waals surface area contributed by atoms with Crippen LogP contribution in [-0.4, -0.2) is 7.11 Å². The topological polar surface area (TPSA) is 59.0 Å². The summed E-state index contributed by atoms with van der Waals surface area (Å²) in [5.41, 5.74) is 7.72. The molecule has 0 aromatic heterocycles. The Balaban J connectivity index is 2.35. The van der Waals surface area contributed by atoms with E-state index in [2.05, 4.69) is 32.6 Å². The number of hydrogen-bond acceptors (Lipinski definition) is 3. The van der Waals surface area contributed by atoms with Gasteiger partial charge in [0.25, 0.3) is 0 Å². The van der Waals surface area contributed by atoms with Crippen LogP contribution in [0.4, 0.5) is 5.69 Å². The fraction of sp³-hybridized carbons (Fsp3) is 0.609. The van der Waals surface area contributed by atoms with Crippen molar-refractivity contribution in [3.63, 3.8) is 0 Å². The monoisotopic (exact) mass is 388 g/mol. The second-order valence-corrected chi connectivity index (χ2v) is 8.56. The number of hydrogen-bond donors (Lipinski definition) is 1. The van der Waals surface area contributed by atoms with E-state index in [0.717, 1.165) is 12.8 Å². The van der Waals surface area contributed by atoms with Crippen LogP contribution in [0, 0.1) is 28.6 Å². The Hall–Kier alpha value is -1.84. The van der Waals surface area contributed by atoms with Crippen LogP contribution in [0.15, 0.2) is 6.07 Å². The van der Waals surface area contributed by atoms with Gasteiger partial charge in [-0.05, 0) is 18.3 Å². The van der Waals surface area contributed by atoms with E-state index >= 15 is 0 Å². The molecule has 2 N–H and O–H groups in total. The number of rotatable bonds is 9. The van der Waals surface area contributed by atoms with Gasteiger partial charge in [0, 0.05) is 12.5 Å². The molecular weight excluding hydrogens is 356 g/mol.